The summed E-state index contributed by atoms with van der Waals surface area (Å²) < 4.78 is 32.6. The maximum Gasteiger partial charge on any atom is 0.411 e. The molecule has 3 fully saturated rings. The molecule has 11 nitrogen and oxygen atoms in total. The fraction of sp³-hybridized carbons (Fsp3) is 0.553. The van der Waals surface area contributed by atoms with Crippen molar-refractivity contribution in [3.8, 4) is 17.2 Å². The van der Waals surface area contributed by atoms with Gasteiger partial charge >= 0.3 is 18.2 Å². The number of carbonyl (C=O) groups excluding carboxylic acids is 4. The number of fused-ring (bicyclic) bond motifs is 4. The summed E-state index contributed by atoms with van der Waals surface area (Å²) in [5.74, 6) is -1.43. The molecule has 1 saturated carbocycles. The molecule has 12 heteroatoms. The van der Waals surface area contributed by atoms with Gasteiger partial charge < -0.3 is 24.4 Å². The molecular formula is C38H45FN4O7. The van der Waals surface area contributed by atoms with Gasteiger partial charge in [0.15, 0.2) is 0 Å². The third-order valence-electron chi connectivity index (χ3n) is 9.98. The van der Waals surface area contributed by atoms with E-state index in [0.29, 0.717) is 54.6 Å². The van der Waals surface area contributed by atoms with Crippen LogP contribution in [-0.2, 0) is 31.0 Å². The highest BCUT2D eigenvalue weighted by Crippen LogP contribution is 2.46. The van der Waals surface area contributed by atoms with Gasteiger partial charge in [-0.2, -0.15) is 5.26 Å². The molecule has 4 atom stereocenters. The average molecular weight is 689 g/mol. The molecule has 3 amide bonds. The van der Waals surface area contributed by atoms with Gasteiger partial charge in [-0.3, -0.25) is 9.69 Å². The number of nitriles is 1. The zero-order valence-corrected chi connectivity index (χ0v) is 29.5. The van der Waals surface area contributed by atoms with E-state index in [1.165, 1.54) is 11.0 Å². The quantitative estimate of drug-likeness (QED) is 0.288. The number of ether oxygens (including phenoxy) is 3. The predicted octanol–water partition coefficient (Wildman–Crippen LogP) is 6.23. The van der Waals surface area contributed by atoms with Crippen LogP contribution in [0.25, 0.3) is 11.1 Å². The third-order valence-corrected chi connectivity index (χ3v) is 9.98. The lowest BCUT2D eigenvalue weighted by atomic mass is 9.82. The predicted molar refractivity (Wildman–Crippen MR) is 180 cm³/mol. The monoisotopic (exact) mass is 688 g/mol. The summed E-state index contributed by atoms with van der Waals surface area (Å²) in [6.45, 7) is 11.5. The van der Waals surface area contributed by atoms with E-state index < -0.39 is 58.8 Å². The molecule has 6 rings (SSSR count). The van der Waals surface area contributed by atoms with Crippen molar-refractivity contribution in [3.63, 3.8) is 0 Å². The normalized spacial score (nSPS) is 22.8. The molecular weight excluding hydrogens is 643 g/mol. The molecule has 4 aliphatic rings. The molecule has 2 bridgehead atoms. The zero-order chi connectivity index (χ0) is 36.2. The van der Waals surface area contributed by atoms with E-state index in [-0.39, 0.29) is 23.9 Å². The van der Waals surface area contributed by atoms with E-state index in [1.54, 1.807) is 49.9 Å². The van der Waals surface area contributed by atoms with Crippen LogP contribution in [0.3, 0.4) is 0 Å². The van der Waals surface area contributed by atoms with E-state index in [0.717, 1.165) is 12.8 Å². The number of likely N-dealkylation sites (tertiary alicyclic amines) is 2. The largest absolute Gasteiger partial charge is 0.450 e. The van der Waals surface area contributed by atoms with E-state index in [9.17, 15) is 24.4 Å². The van der Waals surface area contributed by atoms with Gasteiger partial charge in [0.05, 0.1) is 11.6 Å². The summed E-state index contributed by atoms with van der Waals surface area (Å²) in [4.78, 5) is 55.1. The summed E-state index contributed by atoms with van der Waals surface area (Å²) in [5.41, 5.74) is 0.436. The van der Waals surface area contributed by atoms with Gasteiger partial charge in [0.25, 0.3) is 0 Å². The number of hydrogen-bond donors (Lipinski definition) is 1. The van der Waals surface area contributed by atoms with E-state index in [4.69, 9.17) is 14.2 Å². The van der Waals surface area contributed by atoms with Crippen LogP contribution in [-0.4, -0.2) is 76.3 Å². The van der Waals surface area contributed by atoms with E-state index in [2.05, 4.69) is 11.4 Å². The maximum absolute atomic E-state index is 15.6. The lowest BCUT2D eigenvalue weighted by Gasteiger charge is -2.39. The first-order chi connectivity index (χ1) is 23.5. The van der Waals surface area contributed by atoms with Gasteiger partial charge in [-0.15, -0.1) is 0 Å². The van der Waals surface area contributed by atoms with Gasteiger partial charge in [-0.05, 0) is 102 Å². The van der Waals surface area contributed by atoms with Crippen LogP contribution in [0, 0.1) is 23.1 Å². The fourth-order valence-corrected chi connectivity index (χ4v) is 7.72. The molecule has 2 aromatic rings. The van der Waals surface area contributed by atoms with E-state index >= 15 is 4.39 Å². The van der Waals surface area contributed by atoms with Gasteiger partial charge in [-0.1, -0.05) is 18.2 Å². The standard InChI is InChI=1S/C38H45FN4O7/c1-36(2,3)49-34(46)42-15-13-38(14-16-42)29-19-22(10-12-28(29)33(45)48-38)23-7-8-24(30(39)20-23)17-26(21-40)41-32(44)31-25-9-11-27(18-25)43(31)35(47)50-37(4,5)6/h7-8,10,12,19-20,25-27,31H,9,11,13-18H2,1-6H3,(H,41,44)/t25-,26-,27+,31-/m0/s1. The zero-order valence-electron chi connectivity index (χ0n) is 29.5. The number of nitrogens with zero attached hydrogens (tertiary/aromatic N) is 3. The van der Waals surface area contributed by atoms with Crippen LogP contribution < -0.4 is 5.32 Å². The molecule has 1 aliphatic carbocycles. The molecule has 3 aliphatic heterocycles. The van der Waals surface area contributed by atoms with Crippen molar-refractivity contribution >= 4 is 24.1 Å². The van der Waals surface area contributed by atoms with Gasteiger partial charge in [0.2, 0.25) is 5.91 Å². The summed E-state index contributed by atoms with van der Waals surface area (Å²) in [6, 6.07) is 10.2. The summed E-state index contributed by atoms with van der Waals surface area (Å²) in [7, 11) is 0. The minimum Gasteiger partial charge on any atom is -0.450 e. The van der Waals surface area contributed by atoms with Crippen LogP contribution in [0.15, 0.2) is 36.4 Å². The highest BCUT2D eigenvalue weighted by molar-refractivity contribution is 5.95. The smallest absolute Gasteiger partial charge is 0.411 e. The minimum absolute atomic E-state index is 0.0208. The second-order valence-corrected chi connectivity index (χ2v) is 15.9. The number of rotatable bonds is 5. The van der Waals surface area contributed by atoms with Crippen molar-refractivity contribution in [1.29, 1.82) is 5.26 Å². The molecule has 3 heterocycles. The Labute approximate surface area is 292 Å². The number of piperidine rings is 2. The van der Waals surface area contributed by atoms with Crippen molar-refractivity contribution in [2.75, 3.05) is 13.1 Å². The van der Waals surface area contributed by atoms with Crippen molar-refractivity contribution in [2.45, 2.75) is 115 Å². The van der Waals surface area contributed by atoms with Crippen LogP contribution >= 0.6 is 0 Å². The number of benzene rings is 2. The number of hydrogen-bond acceptors (Lipinski definition) is 8. The average Bonchev–Trinajstić information content (AvgIpc) is 3.72. The lowest BCUT2D eigenvalue weighted by molar-refractivity contribution is -0.128. The summed E-state index contributed by atoms with van der Waals surface area (Å²) >= 11 is 0. The van der Waals surface area contributed by atoms with Crippen LogP contribution in [0.1, 0.15) is 95.1 Å². The Bertz CT molecular complexity index is 1750. The fourth-order valence-electron chi connectivity index (χ4n) is 7.72. The molecule has 1 spiro atoms. The molecule has 50 heavy (non-hydrogen) atoms. The lowest BCUT2D eigenvalue weighted by Crippen LogP contribution is -2.55. The Hall–Kier alpha value is -4.66. The van der Waals surface area contributed by atoms with Crippen molar-refractivity contribution < 1.29 is 37.8 Å². The third kappa shape index (κ3) is 7.00. The maximum atomic E-state index is 15.6. The van der Waals surface area contributed by atoms with Crippen molar-refractivity contribution in [3.05, 3.63) is 58.9 Å². The highest BCUT2D eigenvalue weighted by Gasteiger charge is 2.53. The summed E-state index contributed by atoms with van der Waals surface area (Å²) in [6.07, 6.45) is 2.11. The first kappa shape index (κ1) is 35.2. The number of halogens is 1. The molecule has 2 aromatic carbocycles. The van der Waals surface area contributed by atoms with Crippen LogP contribution in [0.4, 0.5) is 14.0 Å². The Balaban J connectivity index is 1.14. The molecule has 0 aromatic heterocycles. The number of carbonyl (C=O) groups is 4. The van der Waals surface area contributed by atoms with Crippen LogP contribution in [0.5, 0.6) is 0 Å². The molecule has 0 radical (unpaired) electrons. The Morgan fingerprint density at radius 1 is 1.00 bits per heavy atom. The summed E-state index contributed by atoms with van der Waals surface area (Å²) in [5, 5.41) is 12.7. The van der Waals surface area contributed by atoms with E-state index in [1.807, 2.05) is 26.8 Å². The molecule has 2 saturated heterocycles. The number of esters is 1. The number of amides is 3. The van der Waals surface area contributed by atoms with Gasteiger partial charge in [0, 0.05) is 44.0 Å². The Morgan fingerprint density at radius 3 is 2.28 bits per heavy atom. The van der Waals surface area contributed by atoms with Crippen molar-refractivity contribution in [2.24, 2.45) is 5.92 Å². The first-order valence-corrected chi connectivity index (χ1v) is 17.3. The first-order valence-electron chi connectivity index (χ1n) is 17.3. The van der Waals surface area contributed by atoms with Crippen molar-refractivity contribution in [1.82, 2.24) is 15.1 Å². The Morgan fingerprint density at radius 2 is 1.64 bits per heavy atom. The SMILES string of the molecule is CC(C)(C)OC(=O)N1CCC2(CC1)OC(=O)c1ccc(-c3ccc(C[C@@H](C#N)NC(=O)[C@@H]4[C@H]5CC[C@H](C5)N4C(=O)OC(C)(C)C)c(F)c3)cc12. The second-order valence-electron chi connectivity index (χ2n) is 15.9. The van der Waals surface area contributed by atoms with Gasteiger partial charge in [0.1, 0.15) is 34.7 Å². The number of nitrogens with one attached hydrogen (secondary N) is 1. The second kappa shape index (κ2) is 12.9. The topological polar surface area (TPSA) is 138 Å². The Kier molecular flexibility index (Phi) is 9.08. The van der Waals surface area contributed by atoms with Gasteiger partial charge in [-0.25, -0.2) is 18.8 Å². The highest BCUT2D eigenvalue weighted by atomic mass is 19.1. The molecule has 266 valence electrons. The molecule has 0 unspecified atom stereocenters. The minimum atomic E-state index is -1.02. The molecule has 1 N–H and O–H groups in total. The van der Waals surface area contributed by atoms with Crippen LogP contribution in [0.2, 0.25) is 0 Å².